The maximum atomic E-state index is 9.26. The summed E-state index contributed by atoms with van der Waals surface area (Å²) in [7, 11) is 4.18. The highest BCUT2D eigenvalue weighted by atomic mass is 15.0. The van der Waals surface area contributed by atoms with Crippen molar-refractivity contribution in [3.63, 3.8) is 0 Å². The Morgan fingerprint density at radius 3 is 2.85 bits per heavy atom. The molecule has 1 aromatic heterocycles. The van der Waals surface area contributed by atoms with E-state index in [2.05, 4.69) is 35.4 Å². The minimum absolute atomic E-state index is 0.693. The summed E-state index contributed by atoms with van der Waals surface area (Å²) in [6, 6.07) is 4.30. The lowest BCUT2D eigenvalue weighted by Crippen LogP contribution is -2.15. The Bertz CT molecular complexity index is 488. The molecule has 0 bridgehead atoms. The third-order valence-electron chi connectivity index (χ3n) is 3.75. The van der Waals surface area contributed by atoms with E-state index in [1.165, 1.54) is 24.1 Å². The van der Waals surface area contributed by atoms with Gasteiger partial charge in [0.15, 0.2) is 0 Å². The third kappa shape index (κ3) is 3.94. The maximum Gasteiger partial charge on any atom is 0.144 e. The average molecular weight is 272 g/mol. The van der Waals surface area contributed by atoms with E-state index >= 15 is 0 Å². The van der Waals surface area contributed by atoms with Gasteiger partial charge in [-0.15, -0.1) is 0 Å². The fourth-order valence-corrected chi connectivity index (χ4v) is 2.61. The first-order chi connectivity index (χ1) is 9.70. The Kier molecular flexibility index (Phi) is 5.37. The lowest BCUT2D eigenvalue weighted by molar-refractivity contribution is 0.396. The van der Waals surface area contributed by atoms with Crippen molar-refractivity contribution in [1.29, 1.82) is 5.26 Å². The number of nitrogens with zero attached hydrogens (tertiary/aromatic N) is 3. The van der Waals surface area contributed by atoms with Gasteiger partial charge in [-0.2, -0.15) is 5.26 Å². The van der Waals surface area contributed by atoms with Gasteiger partial charge in [0, 0.05) is 12.2 Å². The minimum atomic E-state index is 0.693. The van der Waals surface area contributed by atoms with Crippen molar-refractivity contribution < 1.29 is 0 Å². The molecule has 4 nitrogen and oxygen atoms in total. The van der Waals surface area contributed by atoms with Gasteiger partial charge in [0.1, 0.15) is 11.9 Å². The van der Waals surface area contributed by atoms with Gasteiger partial charge in [0.2, 0.25) is 0 Å². The SMILES string of the molecule is CN(C)CCCCNc1nc2c(cc1C#N)CCCC2. The molecule has 0 aromatic carbocycles. The average Bonchev–Trinajstić information content (AvgIpc) is 2.45. The molecule has 0 atom stereocenters. The number of pyridine rings is 1. The number of anilines is 1. The van der Waals surface area contributed by atoms with Crippen LogP contribution in [0.2, 0.25) is 0 Å². The van der Waals surface area contributed by atoms with E-state index in [9.17, 15) is 5.26 Å². The number of nitrogens with one attached hydrogen (secondary N) is 1. The van der Waals surface area contributed by atoms with E-state index in [0.717, 1.165) is 44.6 Å². The van der Waals surface area contributed by atoms with Crippen LogP contribution in [0.15, 0.2) is 6.07 Å². The summed E-state index contributed by atoms with van der Waals surface area (Å²) in [5.74, 6) is 0.776. The number of rotatable bonds is 6. The van der Waals surface area contributed by atoms with E-state index < -0.39 is 0 Å². The number of aromatic nitrogens is 1. The first kappa shape index (κ1) is 14.8. The molecule has 4 heteroatoms. The highest BCUT2D eigenvalue weighted by Gasteiger charge is 2.14. The molecule has 1 aliphatic carbocycles. The van der Waals surface area contributed by atoms with Crippen LogP contribution in [-0.4, -0.2) is 37.1 Å². The van der Waals surface area contributed by atoms with E-state index in [0.29, 0.717) is 5.56 Å². The summed E-state index contributed by atoms with van der Waals surface area (Å²) in [5, 5.41) is 12.6. The second kappa shape index (κ2) is 7.25. The monoisotopic (exact) mass is 272 g/mol. The second-order valence-electron chi connectivity index (χ2n) is 5.75. The van der Waals surface area contributed by atoms with Crippen LogP contribution in [0.4, 0.5) is 5.82 Å². The smallest absolute Gasteiger partial charge is 0.144 e. The van der Waals surface area contributed by atoms with Gasteiger partial charge < -0.3 is 10.2 Å². The van der Waals surface area contributed by atoms with Crippen LogP contribution in [0.25, 0.3) is 0 Å². The molecule has 0 spiro atoms. The number of nitriles is 1. The molecule has 0 saturated carbocycles. The Labute approximate surface area is 121 Å². The number of hydrogen-bond donors (Lipinski definition) is 1. The molecule has 0 saturated heterocycles. The predicted molar refractivity (Wildman–Crippen MR) is 81.9 cm³/mol. The quantitative estimate of drug-likeness (QED) is 0.809. The van der Waals surface area contributed by atoms with E-state index in [1.54, 1.807) is 0 Å². The predicted octanol–water partition coefficient (Wildman–Crippen LogP) is 2.59. The summed E-state index contributed by atoms with van der Waals surface area (Å²) in [6.07, 6.45) is 6.82. The minimum Gasteiger partial charge on any atom is -0.369 e. The fourth-order valence-electron chi connectivity index (χ4n) is 2.61. The van der Waals surface area contributed by atoms with Crippen molar-refractivity contribution in [3.8, 4) is 6.07 Å². The Balaban J connectivity index is 1.95. The molecule has 0 fully saturated rings. The number of fused-ring (bicyclic) bond motifs is 1. The van der Waals surface area contributed by atoms with Gasteiger partial charge >= 0.3 is 0 Å². The first-order valence-corrected chi connectivity index (χ1v) is 7.52. The van der Waals surface area contributed by atoms with Crippen LogP contribution in [0.5, 0.6) is 0 Å². The molecule has 1 heterocycles. The lowest BCUT2D eigenvalue weighted by atomic mass is 9.95. The van der Waals surface area contributed by atoms with Crippen LogP contribution in [0.3, 0.4) is 0 Å². The van der Waals surface area contributed by atoms with Crippen LogP contribution < -0.4 is 5.32 Å². The van der Waals surface area contributed by atoms with Crippen molar-refractivity contribution >= 4 is 5.82 Å². The number of unbranched alkanes of at least 4 members (excludes halogenated alkanes) is 1. The van der Waals surface area contributed by atoms with Gasteiger partial charge in [-0.05, 0) is 70.8 Å². The Morgan fingerprint density at radius 1 is 1.30 bits per heavy atom. The van der Waals surface area contributed by atoms with Crippen molar-refractivity contribution in [1.82, 2.24) is 9.88 Å². The van der Waals surface area contributed by atoms with Crippen LogP contribution in [0, 0.1) is 11.3 Å². The lowest BCUT2D eigenvalue weighted by Gasteiger charge is -2.17. The van der Waals surface area contributed by atoms with E-state index in [-0.39, 0.29) is 0 Å². The molecule has 108 valence electrons. The summed E-state index contributed by atoms with van der Waals surface area (Å²) in [4.78, 5) is 6.87. The second-order valence-corrected chi connectivity index (χ2v) is 5.75. The van der Waals surface area contributed by atoms with Crippen molar-refractivity contribution in [2.45, 2.75) is 38.5 Å². The largest absolute Gasteiger partial charge is 0.369 e. The van der Waals surface area contributed by atoms with Gasteiger partial charge in [0.25, 0.3) is 0 Å². The zero-order valence-electron chi connectivity index (χ0n) is 12.6. The molecule has 0 aliphatic heterocycles. The van der Waals surface area contributed by atoms with Gasteiger partial charge in [-0.3, -0.25) is 0 Å². The molecular weight excluding hydrogens is 248 g/mol. The molecule has 1 N–H and O–H groups in total. The first-order valence-electron chi connectivity index (χ1n) is 7.52. The zero-order valence-corrected chi connectivity index (χ0v) is 12.6. The Hall–Kier alpha value is -1.60. The van der Waals surface area contributed by atoms with E-state index in [4.69, 9.17) is 0 Å². The molecule has 0 unspecified atom stereocenters. The molecule has 0 radical (unpaired) electrons. The molecule has 1 aliphatic rings. The summed E-state index contributed by atoms with van der Waals surface area (Å²) in [5.41, 5.74) is 3.15. The molecule has 20 heavy (non-hydrogen) atoms. The van der Waals surface area contributed by atoms with E-state index in [1.807, 2.05) is 6.07 Å². The van der Waals surface area contributed by atoms with Crippen molar-refractivity contribution in [2.24, 2.45) is 0 Å². The fraction of sp³-hybridized carbons (Fsp3) is 0.625. The van der Waals surface area contributed by atoms with Gasteiger partial charge in [0.05, 0.1) is 5.56 Å². The summed E-state index contributed by atoms with van der Waals surface area (Å²) >= 11 is 0. The van der Waals surface area contributed by atoms with Crippen molar-refractivity contribution in [2.75, 3.05) is 32.5 Å². The maximum absolute atomic E-state index is 9.26. The van der Waals surface area contributed by atoms with Crippen LogP contribution in [-0.2, 0) is 12.8 Å². The molecule has 1 aromatic rings. The summed E-state index contributed by atoms with van der Waals surface area (Å²) < 4.78 is 0. The zero-order chi connectivity index (χ0) is 14.4. The summed E-state index contributed by atoms with van der Waals surface area (Å²) in [6.45, 7) is 1.98. The topological polar surface area (TPSA) is 52.0 Å². The highest BCUT2D eigenvalue weighted by molar-refractivity contribution is 5.54. The Morgan fingerprint density at radius 2 is 2.10 bits per heavy atom. The molecule has 2 rings (SSSR count). The van der Waals surface area contributed by atoms with Crippen molar-refractivity contribution in [3.05, 3.63) is 22.9 Å². The third-order valence-corrected chi connectivity index (χ3v) is 3.75. The van der Waals surface area contributed by atoms with Crippen LogP contribution >= 0.6 is 0 Å². The van der Waals surface area contributed by atoms with Gasteiger partial charge in [-0.25, -0.2) is 4.98 Å². The standard InChI is InChI=1S/C16H24N4/c1-20(2)10-6-5-9-18-16-14(12-17)11-13-7-3-4-8-15(13)19-16/h11H,3-10H2,1-2H3,(H,18,19). The number of hydrogen-bond acceptors (Lipinski definition) is 4. The van der Waals surface area contributed by atoms with Gasteiger partial charge in [-0.1, -0.05) is 0 Å². The molecular formula is C16H24N4. The highest BCUT2D eigenvalue weighted by Crippen LogP contribution is 2.24. The number of aryl methyl sites for hydroxylation is 2. The van der Waals surface area contributed by atoms with Crippen LogP contribution in [0.1, 0.15) is 42.5 Å². The normalized spacial score (nSPS) is 13.9. The molecule has 0 amide bonds.